The first kappa shape index (κ1) is 16.9. The highest BCUT2D eigenvalue weighted by atomic mass is 79.9. The first-order valence-corrected chi connectivity index (χ1v) is 9.33. The van der Waals surface area contributed by atoms with E-state index in [2.05, 4.69) is 33.2 Å². The Balaban J connectivity index is 1.59. The normalized spacial score (nSPS) is 10.8. The zero-order chi connectivity index (χ0) is 16.9. The van der Waals surface area contributed by atoms with Gasteiger partial charge in [-0.05, 0) is 52.2 Å². The number of hydrogen-bond acceptors (Lipinski definition) is 4. The van der Waals surface area contributed by atoms with E-state index >= 15 is 0 Å². The fourth-order valence-electron chi connectivity index (χ4n) is 2.33. The van der Waals surface area contributed by atoms with Crippen molar-refractivity contribution in [3.05, 3.63) is 52.5 Å². The Morgan fingerprint density at radius 3 is 2.88 bits per heavy atom. The molecule has 0 aliphatic heterocycles. The number of carbonyl (C=O) groups excluding carboxylic acids is 1. The molecule has 1 N–H and O–H groups in total. The standard InChI is InChI=1S/C18H17BrN2O2S/c1-2-5-12-8-9-15(13(19)10-12)23-11-17(22)21-18-20-14-6-3-4-7-16(14)24-18/h3-4,6-10H,2,5,11H2,1H3,(H,20,21,22). The van der Waals surface area contributed by atoms with Crippen LogP contribution in [0.15, 0.2) is 46.9 Å². The lowest BCUT2D eigenvalue weighted by molar-refractivity contribution is -0.118. The molecule has 0 unspecified atom stereocenters. The molecule has 1 aromatic heterocycles. The van der Waals surface area contributed by atoms with Gasteiger partial charge >= 0.3 is 0 Å². The topological polar surface area (TPSA) is 51.2 Å². The van der Waals surface area contributed by atoms with Crippen molar-refractivity contribution in [1.29, 1.82) is 0 Å². The van der Waals surface area contributed by atoms with E-state index in [1.807, 2.05) is 42.5 Å². The Bertz CT molecular complexity index is 830. The largest absolute Gasteiger partial charge is 0.483 e. The number of rotatable bonds is 6. The summed E-state index contributed by atoms with van der Waals surface area (Å²) in [6.07, 6.45) is 2.12. The Labute approximate surface area is 153 Å². The number of aryl methyl sites for hydroxylation is 1. The number of fused-ring (bicyclic) bond motifs is 1. The molecule has 0 atom stereocenters. The number of amides is 1. The number of nitrogens with zero attached hydrogens (tertiary/aromatic N) is 1. The van der Waals surface area contributed by atoms with E-state index in [4.69, 9.17) is 4.74 Å². The first-order valence-electron chi connectivity index (χ1n) is 7.72. The third-order valence-electron chi connectivity index (χ3n) is 3.43. The lowest BCUT2D eigenvalue weighted by atomic mass is 10.1. The number of benzene rings is 2. The molecule has 0 spiro atoms. The maximum atomic E-state index is 12.1. The summed E-state index contributed by atoms with van der Waals surface area (Å²) in [5.74, 6) is 0.438. The van der Waals surface area contributed by atoms with Gasteiger partial charge in [-0.2, -0.15) is 0 Å². The van der Waals surface area contributed by atoms with Gasteiger partial charge in [0.1, 0.15) is 5.75 Å². The van der Waals surface area contributed by atoms with Crippen LogP contribution in [0.5, 0.6) is 5.75 Å². The van der Waals surface area contributed by atoms with Crippen molar-refractivity contribution in [3.63, 3.8) is 0 Å². The molecule has 0 radical (unpaired) electrons. The highest BCUT2D eigenvalue weighted by Gasteiger charge is 2.10. The van der Waals surface area contributed by atoms with Gasteiger partial charge in [-0.3, -0.25) is 10.1 Å². The van der Waals surface area contributed by atoms with E-state index in [9.17, 15) is 4.79 Å². The van der Waals surface area contributed by atoms with Crippen molar-refractivity contribution in [2.24, 2.45) is 0 Å². The Hall–Kier alpha value is -1.92. The van der Waals surface area contributed by atoms with Crippen molar-refractivity contribution in [1.82, 2.24) is 4.98 Å². The van der Waals surface area contributed by atoms with Gasteiger partial charge in [0.05, 0.1) is 14.7 Å². The number of ether oxygens (including phenoxy) is 1. The third-order valence-corrected chi connectivity index (χ3v) is 5.01. The molecule has 2 aromatic carbocycles. The predicted molar refractivity (Wildman–Crippen MR) is 102 cm³/mol. The molecule has 0 aliphatic rings. The molecule has 0 saturated heterocycles. The van der Waals surface area contributed by atoms with Gasteiger partial charge in [0, 0.05) is 0 Å². The molecule has 3 rings (SSSR count). The second-order valence-electron chi connectivity index (χ2n) is 5.34. The van der Waals surface area contributed by atoms with Crippen molar-refractivity contribution in [2.75, 3.05) is 11.9 Å². The van der Waals surface area contributed by atoms with Crippen LogP contribution in [0.2, 0.25) is 0 Å². The second-order valence-corrected chi connectivity index (χ2v) is 7.22. The van der Waals surface area contributed by atoms with E-state index in [0.717, 1.165) is 27.5 Å². The minimum Gasteiger partial charge on any atom is -0.483 e. The second kappa shape index (κ2) is 7.77. The smallest absolute Gasteiger partial charge is 0.264 e. The van der Waals surface area contributed by atoms with Crippen LogP contribution < -0.4 is 10.1 Å². The van der Waals surface area contributed by atoms with Crippen LogP contribution in [0.3, 0.4) is 0 Å². The van der Waals surface area contributed by atoms with Gasteiger partial charge in [0.15, 0.2) is 11.7 Å². The minimum absolute atomic E-state index is 0.0539. The van der Waals surface area contributed by atoms with Gasteiger partial charge in [-0.15, -0.1) is 0 Å². The van der Waals surface area contributed by atoms with Crippen molar-refractivity contribution in [2.45, 2.75) is 19.8 Å². The quantitative estimate of drug-likeness (QED) is 0.626. The molecule has 1 heterocycles. The lowest BCUT2D eigenvalue weighted by Gasteiger charge is -2.09. The average molecular weight is 405 g/mol. The van der Waals surface area contributed by atoms with Gasteiger partial charge in [-0.1, -0.05) is 42.9 Å². The summed E-state index contributed by atoms with van der Waals surface area (Å²) < 4.78 is 7.50. The fourth-order valence-corrected chi connectivity index (χ4v) is 3.75. The zero-order valence-electron chi connectivity index (χ0n) is 13.2. The Morgan fingerprint density at radius 2 is 2.12 bits per heavy atom. The first-order chi connectivity index (χ1) is 11.7. The monoisotopic (exact) mass is 404 g/mol. The molecule has 0 saturated carbocycles. The molecular weight excluding hydrogens is 388 g/mol. The van der Waals surface area contributed by atoms with Gasteiger partial charge in [-0.25, -0.2) is 4.98 Å². The van der Waals surface area contributed by atoms with Crippen LogP contribution >= 0.6 is 27.3 Å². The van der Waals surface area contributed by atoms with E-state index in [1.165, 1.54) is 16.9 Å². The van der Waals surface area contributed by atoms with Crippen LogP contribution in [0.25, 0.3) is 10.2 Å². The van der Waals surface area contributed by atoms with Crippen LogP contribution in [-0.4, -0.2) is 17.5 Å². The predicted octanol–water partition coefficient (Wildman–Crippen LogP) is 5.03. The third kappa shape index (κ3) is 4.13. The molecule has 3 aromatic rings. The molecule has 0 bridgehead atoms. The van der Waals surface area contributed by atoms with E-state index in [0.29, 0.717) is 10.9 Å². The number of para-hydroxylation sites is 1. The lowest BCUT2D eigenvalue weighted by Crippen LogP contribution is -2.20. The van der Waals surface area contributed by atoms with Crippen LogP contribution in [0, 0.1) is 0 Å². The molecule has 0 fully saturated rings. The number of aromatic nitrogens is 1. The summed E-state index contributed by atoms with van der Waals surface area (Å²) in [7, 11) is 0. The number of carbonyl (C=O) groups is 1. The molecule has 4 nitrogen and oxygen atoms in total. The summed E-state index contributed by atoms with van der Waals surface area (Å²) in [5.41, 5.74) is 2.13. The van der Waals surface area contributed by atoms with Gasteiger partial charge in [0.2, 0.25) is 0 Å². The van der Waals surface area contributed by atoms with E-state index < -0.39 is 0 Å². The molecule has 124 valence electrons. The van der Waals surface area contributed by atoms with Gasteiger partial charge < -0.3 is 4.74 Å². The summed E-state index contributed by atoms with van der Waals surface area (Å²) in [6.45, 7) is 2.09. The van der Waals surface area contributed by atoms with E-state index in [-0.39, 0.29) is 12.5 Å². The number of halogens is 1. The SMILES string of the molecule is CCCc1ccc(OCC(=O)Nc2nc3ccccc3s2)c(Br)c1. The number of nitrogens with one attached hydrogen (secondary N) is 1. The molecule has 6 heteroatoms. The summed E-state index contributed by atoms with van der Waals surface area (Å²) >= 11 is 4.94. The zero-order valence-corrected chi connectivity index (χ0v) is 15.6. The van der Waals surface area contributed by atoms with Crippen LogP contribution in [0.4, 0.5) is 5.13 Å². The molecule has 24 heavy (non-hydrogen) atoms. The fraction of sp³-hybridized carbons (Fsp3) is 0.222. The number of hydrogen-bond donors (Lipinski definition) is 1. The molecule has 1 amide bonds. The number of anilines is 1. The van der Waals surface area contributed by atoms with Crippen molar-refractivity contribution < 1.29 is 9.53 Å². The minimum atomic E-state index is -0.224. The Morgan fingerprint density at radius 1 is 1.29 bits per heavy atom. The summed E-state index contributed by atoms with van der Waals surface area (Å²) in [4.78, 5) is 16.4. The number of thiazole rings is 1. The van der Waals surface area contributed by atoms with E-state index in [1.54, 1.807) is 0 Å². The van der Waals surface area contributed by atoms with Crippen molar-refractivity contribution >= 4 is 48.5 Å². The highest BCUT2D eigenvalue weighted by molar-refractivity contribution is 9.10. The highest BCUT2D eigenvalue weighted by Crippen LogP contribution is 2.27. The average Bonchev–Trinajstić information content (AvgIpc) is 2.96. The van der Waals surface area contributed by atoms with Gasteiger partial charge in [0.25, 0.3) is 5.91 Å². The van der Waals surface area contributed by atoms with Crippen LogP contribution in [0.1, 0.15) is 18.9 Å². The summed E-state index contributed by atoms with van der Waals surface area (Å²) in [5, 5.41) is 3.37. The maximum absolute atomic E-state index is 12.1. The Kier molecular flexibility index (Phi) is 5.48. The molecular formula is C18H17BrN2O2S. The van der Waals surface area contributed by atoms with Crippen molar-refractivity contribution in [3.8, 4) is 5.75 Å². The maximum Gasteiger partial charge on any atom is 0.264 e. The summed E-state index contributed by atoms with van der Waals surface area (Å²) in [6, 6.07) is 13.7. The van der Waals surface area contributed by atoms with Crippen LogP contribution in [-0.2, 0) is 11.2 Å². The molecule has 0 aliphatic carbocycles.